The average Bonchev–Trinajstić information content (AvgIpc) is 2.68. The number of carbonyl (C=O) groups is 3. The molecule has 1 aromatic rings. The minimum atomic E-state index is -0.894. The lowest BCUT2D eigenvalue weighted by atomic mass is 9.64. The fraction of sp³-hybridized carbons (Fsp3) is 0.526. The summed E-state index contributed by atoms with van der Waals surface area (Å²) in [7, 11) is 0. The minimum absolute atomic E-state index is 0.0420. The maximum absolute atomic E-state index is 13.0. The summed E-state index contributed by atoms with van der Waals surface area (Å²) >= 11 is 5.90. The lowest BCUT2D eigenvalue weighted by Gasteiger charge is -2.43. The van der Waals surface area contributed by atoms with Crippen LogP contribution in [0.4, 0.5) is 10.5 Å². The Hall–Kier alpha value is -2.08. The number of nitrogens with zero attached hydrogens (tertiary/aromatic N) is 1. The summed E-state index contributed by atoms with van der Waals surface area (Å²) in [6, 6.07) is 6.22. The van der Waals surface area contributed by atoms with Gasteiger partial charge in [0.1, 0.15) is 12.1 Å². The van der Waals surface area contributed by atoms with Crippen molar-refractivity contribution in [2.75, 3.05) is 11.9 Å². The molecule has 4 amide bonds. The van der Waals surface area contributed by atoms with Crippen molar-refractivity contribution in [1.29, 1.82) is 0 Å². The Morgan fingerprint density at radius 1 is 1.35 bits per heavy atom. The lowest BCUT2D eigenvalue weighted by molar-refractivity contribution is -0.136. The molecule has 2 atom stereocenters. The Morgan fingerprint density at radius 2 is 2.08 bits per heavy atom. The molecular formula is C19H24ClN3O3. The van der Waals surface area contributed by atoms with Crippen molar-refractivity contribution in [1.82, 2.24) is 10.2 Å². The van der Waals surface area contributed by atoms with Gasteiger partial charge >= 0.3 is 6.03 Å². The van der Waals surface area contributed by atoms with Crippen LogP contribution in [0.1, 0.15) is 40.0 Å². The summed E-state index contributed by atoms with van der Waals surface area (Å²) in [6.45, 7) is 6.00. The van der Waals surface area contributed by atoms with Crippen molar-refractivity contribution in [3.8, 4) is 0 Å². The highest BCUT2D eigenvalue weighted by Gasteiger charge is 2.56. The SMILES string of the molecule is C[C@@H]1CC(C)(C)C[C@@]2(C1)NC(=O)N(CC(=O)Nc1cccc(Cl)c1)C2=O. The minimum Gasteiger partial charge on any atom is -0.324 e. The highest BCUT2D eigenvalue weighted by Crippen LogP contribution is 2.46. The van der Waals surface area contributed by atoms with E-state index in [-0.39, 0.29) is 17.9 Å². The highest BCUT2D eigenvalue weighted by atomic mass is 35.5. The zero-order valence-corrected chi connectivity index (χ0v) is 16.0. The van der Waals surface area contributed by atoms with Crippen molar-refractivity contribution in [2.24, 2.45) is 11.3 Å². The van der Waals surface area contributed by atoms with Gasteiger partial charge in [0.25, 0.3) is 5.91 Å². The molecule has 1 aromatic carbocycles. The maximum atomic E-state index is 13.0. The van der Waals surface area contributed by atoms with E-state index in [9.17, 15) is 14.4 Å². The van der Waals surface area contributed by atoms with Gasteiger partial charge in [-0.15, -0.1) is 0 Å². The standard InChI is InChI=1S/C19H24ClN3O3/c1-12-8-18(2,3)11-19(9-12)16(25)23(17(26)22-19)10-15(24)21-14-6-4-5-13(20)7-14/h4-7,12H,8-11H2,1-3H3,(H,21,24)(H,22,26)/t12-,19-/m1/s1. The summed E-state index contributed by atoms with van der Waals surface area (Å²) in [5, 5.41) is 6.04. The van der Waals surface area contributed by atoms with Gasteiger partial charge in [0.15, 0.2) is 0 Å². The molecule has 0 unspecified atom stereocenters. The zero-order valence-electron chi connectivity index (χ0n) is 15.3. The van der Waals surface area contributed by atoms with Crippen LogP contribution in [-0.4, -0.2) is 34.8 Å². The molecule has 1 spiro atoms. The highest BCUT2D eigenvalue weighted by molar-refractivity contribution is 6.30. The van der Waals surface area contributed by atoms with Crippen LogP contribution in [0.5, 0.6) is 0 Å². The van der Waals surface area contributed by atoms with Gasteiger partial charge < -0.3 is 10.6 Å². The fourth-order valence-electron chi connectivity index (χ4n) is 4.56. The van der Waals surface area contributed by atoms with Gasteiger partial charge in [-0.3, -0.25) is 14.5 Å². The van der Waals surface area contributed by atoms with Gasteiger partial charge in [-0.1, -0.05) is 38.4 Å². The molecule has 2 fully saturated rings. The van der Waals surface area contributed by atoms with Crippen LogP contribution >= 0.6 is 11.6 Å². The smallest absolute Gasteiger partial charge is 0.324 e. The summed E-state index contributed by atoms with van der Waals surface area (Å²) < 4.78 is 0. The van der Waals surface area contributed by atoms with Gasteiger partial charge in [-0.05, 0) is 48.8 Å². The number of hydrogen-bond acceptors (Lipinski definition) is 3. The summed E-state index contributed by atoms with van der Waals surface area (Å²) in [4.78, 5) is 38.7. The number of anilines is 1. The van der Waals surface area contributed by atoms with E-state index in [1.807, 2.05) is 0 Å². The Bertz CT molecular complexity index is 764. The Balaban J connectivity index is 1.72. The number of nitrogens with one attached hydrogen (secondary N) is 2. The van der Waals surface area contributed by atoms with E-state index < -0.39 is 17.5 Å². The molecule has 26 heavy (non-hydrogen) atoms. The summed E-state index contributed by atoms with van der Waals surface area (Å²) in [5.41, 5.74) is -0.412. The third-order valence-electron chi connectivity index (χ3n) is 5.03. The van der Waals surface area contributed by atoms with Gasteiger partial charge in [0.05, 0.1) is 0 Å². The topological polar surface area (TPSA) is 78.5 Å². The quantitative estimate of drug-likeness (QED) is 0.792. The molecule has 6 nitrogen and oxygen atoms in total. The largest absolute Gasteiger partial charge is 0.325 e. The van der Waals surface area contributed by atoms with Crippen molar-refractivity contribution in [3.05, 3.63) is 29.3 Å². The molecule has 1 saturated heterocycles. The number of amides is 4. The zero-order chi connectivity index (χ0) is 19.1. The van der Waals surface area contributed by atoms with E-state index >= 15 is 0 Å². The van der Waals surface area contributed by atoms with Gasteiger partial charge in [0, 0.05) is 10.7 Å². The summed E-state index contributed by atoms with van der Waals surface area (Å²) in [6.07, 6.45) is 2.20. The number of imide groups is 1. The second-order valence-corrected chi connectivity index (χ2v) is 8.75. The number of halogens is 1. The second-order valence-electron chi connectivity index (χ2n) is 8.32. The van der Waals surface area contributed by atoms with Crippen LogP contribution in [0.25, 0.3) is 0 Å². The number of carbonyl (C=O) groups excluding carboxylic acids is 3. The van der Waals surface area contributed by atoms with E-state index in [0.717, 1.165) is 11.3 Å². The average molecular weight is 378 g/mol. The van der Waals surface area contributed by atoms with Crippen LogP contribution in [-0.2, 0) is 9.59 Å². The predicted molar refractivity (Wildman–Crippen MR) is 99.9 cm³/mol. The number of urea groups is 1. The molecule has 1 saturated carbocycles. The van der Waals surface area contributed by atoms with Crippen LogP contribution in [0.2, 0.25) is 5.02 Å². The fourth-order valence-corrected chi connectivity index (χ4v) is 4.75. The predicted octanol–water partition coefficient (Wildman–Crippen LogP) is 3.42. The molecule has 7 heteroatoms. The normalized spacial score (nSPS) is 27.5. The monoisotopic (exact) mass is 377 g/mol. The molecule has 140 valence electrons. The van der Waals surface area contributed by atoms with Gasteiger partial charge in [0.2, 0.25) is 5.91 Å². The van der Waals surface area contributed by atoms with Crippen molar-refractivity contribution >= 4 is 35.1 Å². The molecule has 0 bridgehead atoms. The Kier molecular flexibility index (Phi) is 4.73. The second kappa shape index (κ2) is 6.58. The van der Waals surface area contributed by atoms with Crippen LogP contribution in [0.15, 0.2) is 24.3 Å². The van der Waals surface area contributed by atoms with E-state index in [2.05, 4.69) is 31.4 Å². The third kappa shape index (κ3) is 3.70. The molecule has 1 aliphatic heterocycles. The van der Waals surface area contributed by atoms with Gasteiger partial charge in [-0.25, -0.2) is 4.79 Å². The van der Waals surface area contributed by atoms with E-state index in [1.165, 1.54) is 0 Å². The Labute approximate surface area is 158 Å². The molecule has 3 rings (SSSR count). The first-order valence-corrected chi connectivity index (χ1v) is 9.18. The Morgan fingerprint density at radius 3 is 2.73 bits per heavy atom. The molecule has 1 aliphatic carbocycles. The van der Waals surface area contributed by atoms with E-state index in [1.54, 1.807) is 24.3 Å². The number of benzene rings is 1. The molecule has 0 radical (unpaired) electrons. The first kappa shape index (κ1) is 18.7. The molecular weight excluding hydrogens is 354 g/mol. The van der Waals surface area contributed by atoms with E-state index in [0.29, 0.717) is 29.5 Å². The van der Waals surface area contributed by atoms with Crippen LogP contribution < -0.4 is 10.6 Å². The van der Waals surface area contributed by atoms with Gasteiger partial charge in [-0.2, -0.15) is 0 Å². The molecule has 2 aliphatic rings. The van der Waals surface area contributed by atoms with E-state index in [4.69, 9.17) is 11.6 Å². The van der Waals surface area contributed by atoms with Crippen LogP contribution in [0, 0.1) is 11.3 Å². The number of hydrogen-bond donors (Lipinski definition) is 2. The molecule has 0 aromatic heterocycles. The third-order valence-corrected chi connectivity index (χ3v) is 5.27. The molecule has 1 heterocycles. The maximum Gasteiger partial charge on any atom is 0.325 e. The lowest BCUT2D eigenvalue weighted by Crippen LogP contribution is -2.54. The number of rotatable bonds is 3. The van der Waals surface area contributed by atoms with Crippen LogP contribution in [0.3, 0.4) is 0 Å². The summed E-state index contributed by atoms with van der Waals surface area (Å²) in [5.74, 6) is -0.414. The molecule has 2 N–H and O–H groups in total. The first-order chi connectivity index (χ1) is 12.1. The van der Waals surface area contributed by atoms with Crippen molar-refractivity contribution < 1.29 is 14.4 Å². The van der Waals surface area contributed by atoms with Crippen molar-refractivity contribution in [3.63, 3.8) is 0 Å². The van der Waals surface area contributed by atoms with Crippen molar-refractivity contribution in [2.45, 2.75) is 45.6 Å². The first-order valence-electron chi connectivity index (χ1n) is 8.80.